The first-order chi connectivity index (χ1) is 9.19. The number of ketones is 1. The standard InChI is InChI=1S/C16H18O3/c1-19-16(18)14-8-4-12(5-9-14)2-3-13-6-10-15(17)11-7-13/h2-5,8-9,13H,6-7,10-11H2,1H3/b3-2+. The summed E-state index contributed by atoms with van der Waals surface area (Å²) < 4.78 is 4.65. The van der Waals surface area contributed by atoms with E-state index in [0.717, 1.165) is 18.4 Å². The zero-order chi connectivity index (χ0) is 13.7. The maximum Gasteiger partial charge on any atom is 0.337 e. The average molecular weight is 258 g/mol. The minimum atomic E-state index is -0.318. The number of methoxy groups -OCH3 is 1. The lowest BCUT2D eigenvalue weighted by atomic mass is 9.88. The quantitative estimate of drug-likeness (QED) is 0.782. The Balaban J connectivity index is 1.95. The molecule has 0 heterocycles. The molecule has 0 radical (unpaired) electrons. The molecule has 0 atom stereocenters. The van der Waals surface area contributed by atoms with Crippen LogP contribution >= 0.6 is 0 Å². The number of rotatable bonds is 3. The van der Waals surface area contributed by atoms with Gasteiger partial charge in [0, 0.05) is 12.8 Å². The fraction of sp³-hybridized carbons (Fsp3) is 0.375. The molecule has 0 N–H and O–H groups in total. The topological polar surface area (TPSA) is 43.4 Å². The van der Waals surface area contributed by atoms with Gasteiger partial charge in [-0.2, -0.15) is 0 Å². The first kappa shape index (κ1) is 13.5. The summed E-state index contributed by atoms with van der Waals surface area (Å²) in [5.41, 5.74) is 1.62. The summed E-state index contributed by atoms with van der Waals surface area (Å²) in [7, 11) is 1.38. The number of carbonyl (C=O) groups is 2. The lowest BCUT2D eigenvalue weighted by Crippen LogP contribution is -2.11. The molecule has 1 aliphatic carbocycles. The van der Waals surface area contributed by atoms with Gasteiger partial charge in [-0.25, -0.2) is 4.79 Å². The molecule has 1 aromatic rings. The van der Waals surface area contributed by atoms with Crippen LogP contribution in [-0.2, 0) is 9.53 Å². The number of carbonyl (C=O) groups excluding carboxylic acids is 2. The summed E-state index contributed by atoms with van der Waals surface area (Å²) >= 11 is 0. The molecule has 3 heteroatoms. The van der Waals surface area contributed by atoms with E-state index in [1.54, 1.807) is 12.1 Å². The first-order valence-electron chi connectivity index (χ1n) is 6.57. The Kier molecular flexibility index (Phi) is 4.50. The average Bonchev–Trinajstić information content (AvgIpc) is 2.46. The number of hydrogen-bond donors (Lipinski definition) is 0. The van der Waals surface area contributed by atoms with Crippen molar-refractivity contribution in [3.05, 3.63) is 41.5 Å². The number of benzene rings is 1. The van der Waals surface area contributed by atoms with E-state index < -0.39 is 0 Å². The van der Waals surface area contributed by atoms with Crippen molar-refractivity contribution < 1.29 is 14.3 Å². The molecular weight excluding hydrogens is 240 g/mol. The largest absolute Gasteiger partial charge is 0.465 e. The van der Waals surface area contributed by atoms with Crippen molar-refractivity contribution in [1.82, 2.24) is 0 Å². The number of ether oxygens (including phenoxy) is 1. The lowest BCUT2D eigenvalue weighted by Gasteiger charge is -2.16. The predicted molar refractivity (Wildman–Crippen MR) is 73.8 cm³/mol. The maximum atomic E-state index is 11.3. The second kappa shape index (κ2) is 6.32. The van der Waals surface area contributed by atoms with E-state index in [2.05, 4.69) is 16.9 Å². The first-order valence-corrected chi connectivity index (χ1v) is 6.57. The van der Waals surface area contributed by atoms with Crippen LogP contribution in [0.5, 0.6) is 0 Å². The van der Waals surface area contributed by atoms with Gasteiger partial charge < -0.3 is 4.74 Å². The van der Waals surface area contributed by atoms with Crippen molar-refractivity contribution in [1.29, 1.82) is 0 Å². The lowest BCUT2D eigenvalue weighted by molar-refractivity contribution is -0.120. The van der Waals surface area contributed by atoms with Crippen molar-refractivity contribution in [3.8, 4) is 0 Å². The third-order valence-corrected chi connectivity index (χ3v) is 3.48. The van der Waals surface area contributed by atoms with Gasteiger partial charge in [-0.3, -0.25) is 4.79 Å². The normalized spacial score (nSPS) is 16.8. The number of Topliss-reactive ketones (excluding diaryl/α,β-unsaturated/α-hetero) is 1. The van der Waals surface area contributed by atoms with Gasteiger partial charge in [-0.1, -0.05) is 24.3 Å². The number of allylic oxidation sites excluding steroid dienone is 1. The molecule has 1 saturated carbocycles. The van der Waals surface area contributed by atoms with Crippen LogP contribution in [-0.4, -0.2) is 18.9 Å². The number of hydrogen-bond acceptors (Lipinski definition) is 3. The molecule has 0 aromatic heterocycles. The molecule has 0 unspecified atom stereocenters. The van der Waals surface area contributed by atoms with Crippen LogP contribution in [0.25, 0.3) is 6.08 Å². The Bertz CT molecular complexity index is 475. The summed E-state index contributed by atoms with van der Waals surface area (Å²) in [6.07, 6.45) is 7.54. The van der Waals surface area contributed by atoms with Crippen LogP contribution < -0.4 is 0 Å². The summed E-state index contributed by atoms with van der Waals surface area (Å²) in [5, 5.41) is 0. The van der Waals surface area contributed by atoms with Crippen LogP contribution in [0, 0.1) is 5.92 Å². The van der Waals surface area contributed by atoms with E-state index >= 15 is 0 Å². The zero-order valence-corrected chi connectivity index (χ0v) is 11.1. The van der Waals surface area contributed by atoms with E-state index in [4.69, 9.17) is 0 Å². The minimum Gasteiger partial charge on any atom is -0.465 e. The Hall–Kier alpha value is -1.90. The van der Waals surface area contributed by atoms with Gasteiger partial charge in [-0.15, -0.1) is 0 Å². The highest BCUT2D eigenvalue weighted by molar-refractivity contribution is 5.89. The summed E-state index contributed by atoms with van der Waals surface area (Å²) in [6, 6.07) is 7.32. The van der Waals surface area contributed by atoms with Crippen molar-refractivity contribution in [3.63, 3.8) is 0 Å². The van der Waals surface area contributed by atoms with Crippen LogP contribution in [0.15, 0.2) is 30.3 Å². The smallest absolute Gasteiger partial charge is 0.337 e. The van der Waals surface area contributed by atoms with Crippen molar-refractivity contribution in [2.24, 2.45) is 5.92 Å². The van der Waals surface area contributed by atoms with Crippen LogP contribution in [0.2, 0.25) is 0 Å². The van der Waals surface area contributed by atoms with E-state index in [-0.39, 0.29) is 5.97 Å². The van der Waals surface area contributed by atoms with Gasteiger partial charge in [0.25, 0.3) is 0 Å². The molecule has 0 aliphatic heterocycles. The second-order valence-corrected chi connectivity index (χ2v) is 4.85. The molecule has 1 aliphatic rings. The monoisotopic (exact) mass is 258 g/mol. The molecule has 0 amide bonds. The summed E-state index contributed by atoms with van der Waals surface area (Å²) in [4.78, 5) is 22.4. The highest BCUT2D eigenvalue weighted by Crippen LogP contribution is 2.23. The molecule has 3 nitrogen and oxygen atoms in total. The molecular formula is C16H18O3. The molecule has 1 fully saturated rings. The summed E-state index contributed by atoms with van der Waals surface area (Å²) in [6.45, 7) is 0. The van der Waals surface area contributed by atoms with Gasteiger partial charge in [0.1, 0.15) is 5.78 Å². The van der Waals surface area contributed by atoms with Crippen molar-refractivity contribution in [2.45, 2.75) is 25.7 Å². The van der Waals surface area contributed by atoms with E-state index in [1.807, 2.05) is 12.1 Å². The SMILES string of the molecule is COC(=O)c1ccc(/C=C/C2CCC(=O)CC2)cc1. The van der Waals surface area contributed by atoms with Gasteiger partial charge in [-0.05, 0) is 36.5 Å². The van der Waals surface area contributed by atoms with Crippen molar-refractivity contribution >= 4 is 17.8 Å². The molecule has 0 bridgehead atoms. The van der Waals surface area contributed by atoms with Gasteiger partial charge in [0.2, 0.25) is 0 Å². The minimum absolute atomic E-state index is 0.318. The fourth-order valence-electron chi connectivity index (χ4n) is 2.25. The van der Waals surface area contributed by atoms with Crippen LogP contribution in [0.3, 0.4) is 0 Å². The van der Waals surface area contributed by atoms with Crippen LogP contribution in [0.4, 0.5) is 0 Å². The predicted octanol–water partition coefficient (Wildman–Crippen LogP) is 3.25. The number of esters is 1. The molecule has 19 heavy (non-hydrogen) atoms. The zero-order valence-electron chi connectivity index (χ0n) is 11.1. The molecule has 0 spiro atoms. The molecule has 2 rings (SSSR count). The highest BCUT2D eigenvalue weighted by Gasteiger charge is 2.15. The molecule has 100 valence electrons. The second-order valence-electron chi connectivity index (χ2n) is 4.85. The molecule has 0 saturated heterocycles. The van der Waals surface area contributed by atoms with Crippen molar-refractivity contribution in [2.75, 3.05) is 7.11 Å². The third-order valence-electron chi connectivity index (χ3n) is 3.48. The van der Waals surface area contributed by atoms with E-state index in [1.165, 1.54) is 7.11 Å². The Morgan fingerprint density at radius 1 is 1.21 bits per heavy atom. The summed E-state index contributed by atoms with van der Waals surface area (Å²) in [5.74, 6) is 0.561. The van der Waals surface area contributed by atoms with Gasteiger partial charge >= 0.3 is 5.97 Å². The maximum absolute atomic E-state index is 11.3. The molecule has 1 aromatic carbocycles. The fourth-order valence-corrected chi connectivity index (χ4v) is 2.25. The Morgan fingerprint density at radius 2 is 1.84 bits per heavy atom. The third kappa shape index (κ3) is 3.78. The van der Waals surface area contributed by atoms with Gasteiger partial charge in [0.15, 0.2) is 0 Å². The van der Waals surface area contributed by atoms with E-state index in [9.17, 15) is 9.59 Å². The van der Waals surface area contributed by atoms with E-state index in [0.29, 0.717) is 30.1 Å². The Labute approximate surface area is 113 Å². The highest BCUT2D eigenvalue weighted by atomic mass is 16.5. The Morgan fingerprint density at radius 3 is 2.42 bits per heavy atom. The van der Waals surface area contributed by atoms with Gasteiger partial charge in [0.05, 0.1) is 12.7 Å². The van der Waals surface area contributed by atoms with Crippen LogP contribution in [0.1, 0.15) is 41.6 Å².